The van der Waals surface area contributed by atoms with Gasteiger partial charge in [-0.05, 0) is 25.0 Å². The first-order chi connectivity index (χ1) is 8.62. The van der Waals surface area contributed by atoms with E-state index in [0.29, 0.717) is 13.0 Å². The Balaban J connectivity index is 2.35. The summed E-state index contributed by atoms with van der Waals surface area (Å²) in [5.41, 5.74) is 0. The van der Waals surface area contributed by atoms with E-state index in [-0.39, 0.29) is 15.9 Å². The van der Waals surface area contributed by atoms with Crippen LogP contribution in [0.25, 0.3) is 0 Å². The SMILES string of the molecule is O=C1CCCCCN=C1S(O)(O)c1ccccn1. The highest BCUT2D eigenvalue weighted by atomic mass is 32.3. The molecule has 1 aliphatic rings. The molecular formula is C12H16N2O3S. The number of hydrogen-bond donors (Lipinski definition) is 2. The third-order valence-electron chi connectivity index (χ3n) is 2.75. The third-order valence-corrected chi connectivity index (χ3v) is 4.48. The van der Waals surface area contributed by atoms with Crippen LogP contribution in [0.2, 0.25) is 0 Å². The van der Waals surface area contributed by atoms with Crippen molar-refractivity contribution < 1.29 is 13.9 Å². The van der Waals surface area contributed by atoms with Gasteiger partial charge in [0.15, 0.2) is 15.9 Å². The van der Waals surface area contributed by atoms with E-state index in [4.69, 9.17) is 0 Å². The Bertz CT molecular complexity index is 460. The van der Waals surface area contributed by atoms with Crippen molar-refractivity contribution in [3.8, 4) is 0 Å². The number of carbonyl (C=O) groups excluding carboxylic acids is 1. The lowest BCUT2D eigenvalue weighted by Crippen LogP contribution is -2.24. The molecule has 0 bridgehead atoms. The van der Waals surface area contributed by atoms with Gasteiger partial charge in [-0.25, -0.2) is 4.98 Å². The van der Waals surface area contributed by atoms with Crippen molar-refractivity contribution in [3.63, 3.8) is 0 Å². The average Bonchev–Trinajstić information content (AvgIpc) is 2.35. The minimum Gasteiger partial charge on any atom is -0.291 e. The standard InChI is InChI=1S/C12H16N2O3S/c15-10-6-2-1-4-9-14-12(10)18(16,17)11-7-3-5-8-13-11/h3,5,7-8,16-17H,1-2,4,6,9H2. The van der Waals surface area contributed by atoms with Gasteiger partial charge in [0, 0.05) is 19.2 Å². The van der Waals surface area contributed by atoms with E-state index in [1.54, 1.807) is 12.1 Å². The van der Waals surface area contributed by atoms with Gasteiger partial charge >= 0.3 is 0 Å². The minimum absolute atomic E-state index is 0.109. The van der Waals surface area contributed by atoms with Crippen molar-refractivity contribution in [3.05, 3.63) is 24.4 Å². The van der Waals surface area contributed by atoms with Crippen molar-refractivity contribution in [2.75, 3.05) is 6.54 Å². The molecule has 0 saturated heterocycles. The number of rotatable bonds is 1. The lowest BCUT2D eigenvalue weighted by Gasteiger charge is -2.31. The first-order valence-corrected chi connectivity index (χ1v) is 7.44. The highest BCUT2D eigenvalue weighted by Crippen LogP contribution is 2.48. The lowest BCUT2D eigenvalue weighted by molar-refractivity contribution is -0.112. The molecule has 98 valence electrons. The molecule has 0 spiro atoms. The van der Waals surface area contributed by atoms with E-state index in [0.717, 1.165) is 19.3 Å². The molecule has 1 aromatic rings. The molecular weight excluding hydrogens is 252 g/mol. The molecule has 0 unspecified atom stereocenters. The zero-order valence-corrected chi connectivity index (χ0v) is 10.8. The van der Waals surface area contributed by atoms with Crippen LogP contribution in [0.1, 0.15) is 25.7 Å². The van der Waals surface area contributed by atoms with Gasteiger partial charge in [0.25, 0.3) is 0 Å². The van der Waals surface area contributed by atoms with Crippen molar-refractivity contribution in [1.29, 1.82) is 0 Å². The summed E-state index contributed by atoms with van der Waals surface area (Å²) >= 11 is 0. The fourth-order valence-corrected chi connectivity index (χ4v) is 3.18. The maximum atomic E-state index is 11.9. The highest BCUT2D eigenvalue weighted by molar-refractivity contribution is 8.38. The molecule has 0 fully saturated rings. The van der Waals surface area contributed by atoms with Gasteiger partial charge in [-0.2, -0.15) is 0 Å². The van der Waals surface area contributed by atoms with E-state index >= 15 is 0 Å². The molecule has 0 aliphatic carbocycles. The Labute approximate surface area is 107 Å². The summed E-state index contributed by atoms with van der Waals surface area (Å²) in [6.45, 7) is 0.462. The topological polar surface area (TPSA) is 82.8 Å². The fraction of sp³-hybridized carbons (Fsp3) is 0.417. The number of hydrogen-bond acceptors (Lipinski definition) is 5. The van der Waals surface area contributed by atoms with Gasteiger partial charge in [0.1, 0.15) is 0 Å². The number of aromatic nitrogens is 1. The second-order valence-electron chi connectivity index (χ2n) is 4.14. The summed E-state index contributed by atoms with van der Waals surface area (Å²) < 4.78 is 20.4. The van der Waals surface area contributed by atoms with Gasteiger partial charge in [0.2, 0.25) is 0 Å². The van der Waals surface area contributed by atoms with E-state index in [1.807, 2.05) is 0 Å². The Kier molecular flexibility index (Phi) is 4.11. The molecule has 5 nitrogen and oxygen atoms in total. The maximum Gasteiger partial charge on any atom is 0.197 e. The van der Waals surface area contributed by atoms with Crippen LogP contribution >= 0.6 is 10.6 Å². The molecule has 2 rings (SSSR count). The molecule has 1 aromatic heterocycles. The molecule has 0 amide bonds. The summed E-state index contributed by atoms with van der Waals surface area (Å²) in [6.07, 6.45) is 4.38. The summed E-state index contributed by atoms with van der Waals surface area (Å²) in [6, 6.07) is 4.84. The van der Waals surface area contributed by atoms with Gasteiger partial charge in [0.05, 0.1) is 0 Å². The van der Waals surface area contributed by atoms with Crippen LogP contribution in [0.4, 0.5) is 0 Å². The monoisotopic (exact) mass is 268 g/mol. The van der Waals surface area contributed by atoms with E-state index < -0.39 is 10.6 Å². The number of nitrogens with zero attached hydrogens (tertiary/aromatic N) is 2. The average molecular weight is 268 g/mol. The molecule has 0 radical (unpaired) electrons. The van der Waals surface area contributed by atoms with Crippen LogP contribution in [0.15, 0.2) is 34.4 Å². The van der Waals surface area contributed by atoms with E-state index in [2.05, 4.69) is 9.98 Å². The predicted octanol–water partition coefficient (Wildman–Crippen LogP) is 2.73. The zero-order valence-electron chi connectivity index (χ0n) is 9.95. The van der Waals surface area contributed by atoms with Crippen LogP contribution in [0.5, 0.6) is 0 Å². The van der Waals surface area contributed by atoms with Gasteiger partial charge in [-0.15, -0.1) is 10.6 Å². The van der Waals surface area contributed by atoms with Crippen molar-refractivity contribution in [1.82, 2.24) is 4.98 Å². The Morgan fingerprint density at radius 1 is 1.17 bits per heavy atom. The van der Waals surface area contributed by atoms with Crippen LogP contribution in [0, 0.1) is 0 Å². The summed E-state index contributed by atoms with van der Waals surface area (Å²) in [5, 5.41) is -0.00132. The van der Waals surface area contributed by atoms with E-state index in [1.165, 1.54) is 12.3 Å². The van der Waals surface area contributed by atoms with Crippen molar-refractivity contribution >= 4 is 21.4 Å². The van der Waals surface area contributed by atoms with Gasteiger partial charge in [-0.3, -0.25) is 18.9 Å². The number of carbonyl (C=O) groups is 1. The Hall–Kier alpha value is -1.24. The second kappa shape index (κ2) is 5.60. The lowest BCUT2D eigenvalue weighted by atomic mass is 10.1. The molecule has 1 aliphatic heterocycles. The maximum absolute atomic E-state index is 11.9. The van der Waals surface area contributed by atoms with E-state index in [9.17, 15) is 13.9 Å². The number of ketones is 1. The molecule has 0 saturated carbocycles. The Morgan fingerprint density at radius 2 is 2.00 bits per heavy atom. The zero-order chi connectivity index (χ0) is 13.0. The fourth-order valence-electron chi connectivity index (χ4n) is 1.81. The molecule has 0 aromatic carbocycles. The first kappa shape index (κ1) is 13.2. The van der Waals surface area contributed by atoms with Crippen molar-refractivity contribution in [2.45, 2.75) is 30.7 Å². The molecule has 2 N–H and O–H groups in total. The number of Topliss-reactive ketones (excluding diaryl/α,β-unsaturated/α-hetero) is 1. The number of pyridine rings is 1. The number of aliphatic imine (C=N–C) groups is 1. The summed E-state index contributed by atoms with van der Waals surface area (Å²) in [4.78, 5) is 19.9. The summed E-state index contributed by atoms with van der Waals surface area (Å²) in [7, 11) is -3.36. The van der Waals surface area contributed by atoms with Crippen LogP contribution in [-0.2, 0) is 4.79 Å². The predicted molar refractivity (Wildman–Crippen MR) is 71.1 cm³/mol. The Morgan fingerprint density at radius 3 is 2.72 bits per heavy atom. The minimum atomic E-state index is -3.36. The summed E-state index contributed by atoms with van der Waals surface area (Å²) in [5.74, 6) is -0.277. The quantitative estimate of drug-likeness (QED) is 0.820. The largest absolute Gasteiger partial charge is 0.291 e. The second-order valence-corrected chi connectivity index (χ2v) is 6.04. The molecule has 6 heteroatoms. The van der Waals surface area contributed by atoms with Crippen LogP contribution in [-0.4, -0.2) is 31.5 Å². The molecule has 18 heavy (non-hydrogen) atoms. The smallest absolute Gasteiger partial charge is 0.197 e. The van der Waals surface area contributed by atoms with Gasteiger partial charge < -0.3 is 0 Å². The van der Waals surface area contributed by atoms with Gasteiger partial charge in [-0.1, -0.05) is 12.5 Å². The van der Waals surface area contributed by atoms with Crippen molar-refractivity contribution in [2.24, 2.45) is 4.99 Å². The molecule has 0 atom stereocenters. The van der Waals surface area contributed by atoms with Crippen LogP contribution in [0.3, 0.4) is 0 Å². The van der Waals surface area contributed by atoms with Crippen LogP contribution < -0.4 is 0 Å². The normalized spacial score (nSPS) is 18.8. The third kappa shape index (κ3) is 2.77. The highest BCUT2D eigenvalue weighted by Gasteiger charge is 2.30. The molecule has 2 heterocycles. The first-order valence-electron chi connectivity index (χ1n) is 5.89.